The van der Waals surface area contributed by atoms with E-state index in [0.717, 1.165) is 11.1 Å². The van der Waals surface area contributed by atoms with Crippen LogP contribution in [-0.4, -0.2) is 18.4 Å². The standard InChI is InChI=1S/C16H18N4O2S/c1-11(17)13-6-4-12(5-7-13)9-20-23(21,22)15-10-19-16-14(15)3-2-8-18-16/h2-8,10-11,20H,9,17H2,1H3,(H,18,19). The molecular weight excluding hydrogens is 312 g/mol. The monoisotopic (exact) mass is 330 g/mol. The number of benzene rings is 1. The molecule has 120 valence electrons. The minimum Gasteiger partial charge on any atom is -0.345 e. The third-order valence-corrected chi connectivity index (χ3v) is 5.12. The summed E-state index contributed by atoms with van der Waals surface area (Å²) in [5, 5.41) is 0.576. The van der Waals surface area contributed by atoms with Gasteiger partial charge in [0.2, 0.25) is 10.0 Å². The summed E-state index contributed by atoms with van der Waals surface area (Å²) in [6.07, 6.45) is 3.07. The number of rotatable bonds is 5. The number of nitrogens with one attached hydrogen (secondary N) is 2. The van der Waals surface area contributed by atoms with E-state index in [4.69, 9.17) is 5.73 Å². The molecule has 1 unspecified atom stereocenters. The molecule has 2 aromatic heterocycles. The van der Waals surface area contributed by atoms with E-state index in [1.165, 1.54) is 6.20 Å². The van der Waals surface area contributed by atoms with Crippen LogP contribution < -0.4 is 10.5 Å². The molecule has 0 amide bonds. The topological polar surface area (TPSA) is 101 Å². The zero-order valence-corrected chi connectivity index (χ0v) is 13.5. The first-order valence-corrected chi connectivity index (χ1v) is 8.72. The van der Waals surface area contributed by atoms with Crippen LogP contribution in [0.25, 0.3) is 11.0 Å². The number of sulfonamides is 1. The van der Waals surface area contributed by atoms with E-state index in [1.807, 2.05) is 31.2 Å². The molecule has 7 heteroatoms. The number of aromatic nitrogens is 2. The predicted octanol–water partition coefficient (Wildman–Crippen LogP) is 2.06. The fourth-order valence-corrected chi connectivity index (χ4v) is 3.53. The van der Waals surface area contributed by atoms with Gasteiger partial charge < -0.3 is 10.7 Å². The van der Waals surface area contributed by atoms with E-state index < -0.39 is 10.0 Å². The second-order valence-electron chi connectivity index (χ2n) is 5.41. The second-order valence-corrected chi connectivity index (χ2v) is 7.14. The molecule has 3 rings (SSSR count). The van der Waals surface area contributed by atoms with Crippen LogP contribution in [-0.2, 0) is 16.6 Å². The molecule has 0 aliphatic heterocycles. The highest BCUT2D eigenvalue weighted by atomic mass is 32.2. The fraction of sp³-hybridized carbons (Fsp3) is 0.188. The maximum absolute atomic E-state index is 12.5. The highest BCUT2D eigenvalue weighted by Gasteiger charge is 2.18. The van der Waals surface area contributed by atoms with E-state index in [1.54, 1.807) is 18.3 Å². The lowest BCUT2D eigenvalue weighted by molar-refractivity contribution is 0.582. The fourth-order valence-electron chi connectivity index (χ4n) is 2.35. The summed E-state index contributed by atoms with van der Waals surface area (Å²) in [5.74, 6) is 0. The number of nitrogens with zero attached hydrogens (tertiary/aromatic N) is 1. The van der Waals surface area contributed by atoms with Gasteiger partial charge in [0.05, 0.1) is 0 Å². The Balaban J connectivity index is 1.79. The lowest BCUT2D eigenvalue weighted by Gasteiger charge is -2.08. The number of hydrogen-bond acceptors (Lipinski definition) is 4. The quantitative estimate of drug-likeness (QED) is 0.666. The van der Waals surface area contributed by atoms with E-state index >= 15 is 0 Å². The van der Waals surface area contributed by atoms with Gasteiger partial charge in [-0.2, -0.15) is 0 Å². The van der Waals surface area contributed by atoms with Gasteiger partial charge in [0.15, 0.2) is 0 Å². The van der Waals surface area contributed by atoms with Crippen LogP contribution in [0.1, 0.15) is 24.1 Å². The average Bonchev–Trinajstić information content (AvgIpc) is 2.98. The molecule has 0 fully saturated rings. The Labute approximate surface area is 134 Å². The molecule has 0 spiro atoms. The van der Waals surface area contributed by atoms with Crippen molar-refractivity contribution in [3.63, 3.8) is 0 Å². The molecule has 0 radical (unpaired) electrons. The third kappa shape index (κ3) is 3.26. The molecule has 0 aliphatic carbocycles. The van der Waals surface area contributed by atoms with Crippen LogP contribution in [0.5, 0.6) is 0 Å². The van der Waals surface area contributed by atoms with Gasteiger partial charge in [-0.15, -0.1) is 0 Å². The minimum absolute atomic E-state index is 0.0422. The molecule has 4 N–H and O–H groups in total. The molecule has 0 aliphatic rings. The van der Waals surface area contributed by atoms with E-state index in [9.17, 15) is 8.42 Å². The maximum Gasteiger partial charge on any atom is 0.243 e. The largest absolute Gasteiger partial charge is 0.345 e. The molecule has 2 heterocycles. The zero-order chi connectivity index (χ0) is 16.4. The first kappa shape index (κ1) is 15.7. The number of pyridine rings is 1. The SMILES string of the molecule is CC(N)c1ccc(CNS(=O)(=O)c2c[nH]c3ncccc23)cc1. The Morgan fingerprint density at radius 2 is 2.00 bits per heavy atom. The molecule has 23 heavy (non-hydrogen) atoms. The maximum atomic E-state index is 12.5. The smallest absolute Gasteiger partial charge is 0.243 e. The van der Waals surface area contributed by atoms with Crippen LogP contribution in [0.15, 0.2) is 53.7 Å². The second kappa shape index (κ2) is 6.11. The summed E-state index contributed by atoms with van der Waals surface area (Å²) in [5.41, 5.74) is 8.24. The zero-order valence-electron chi connectivity index (χ0n) is 12.7. The van der Waals surface area contributed by atoms with Gasteiger partial charge in [0.25, 0.3) is 0 Å². The summed E-state index contributed by atoms with van der Waals surface area (Å²) in [6, 6.07) is 11.0. The molecule has 0 saturated carbocycles. The van der Waals surface area contributed by atoms with Gasteiger partial charge in [-0.05, 0) is 30.2 Å². The summed E-state index contributed by atoms with van der Waals surface area (Å²) in [4.78, 5) is 7.17. The summed E-state index contributed by atoms with van der Waals surface area (Å²) < 4.78 is 27.6. The first-order chi connectivity index (χ1) is 11.0. The molecule has 3 aromatic rings. The minimum atomic E-state index is -3.61. The number of hydrogen-bond donors (Lipinski definition) is 3. The van der Waals surface area contributed by atoms with Crippen molar-refractivity contribution in [3.05, 3.63) is 59.9 Å². The Hall–Kier alpha value is -2.22. The van der Waals surface area contributed by atoms with Crippen LogP contribution >= 0.6 is 0 Å². The molecule has 0 saturated heterocycles. The predicted molar refractivity (Wildman–Crippen MR) is 89.2 cm³/mol. The molecule has 6 nitrogen and oxygen atoms in total. The van der Waals surface area contributed by atoms with Crippen molar-refractivity contribution >= 4 is 21.1 Å². The van der Waals surface area contributed by atoms with Crippen LogP contribution in [0.2, 0.25) is 0 Å². The van der Waals surface area contributed by atoms with Gasteiger partial charge in [-0.25, -0.2) is 18.1 Å². The molecule has 1 atom stereocenters. The van der Waals surface area contributed by atoms with Gasteiger partial charge in [-0.1, -0.05) is 24.3 Å². The lowest BCUT2D eigenvalue weighted by atomic mass is 10.1. The molecule has 0 bridgehead atoms. The van der Waals surface area contributed by atoms with Crippen molar-refractivity contribution in [2.24, 2.45) is 5.73 Å². The summed E-state index contributed by atoms with van der Waals surface area (Å²) >= 11 is 0. The van der Waals surface area contributed by atoms with Crippen LogP contribution in [0.3, 0.4) is 0 Å². The number of aromatic amines is 1. The third-order valence-electron chi connectivity index (χ3n) is 3.67. The van der Waals surface area contributed by atoms with Gasteiger partial charge in [0, 0.05) is 30.4 Å². The van der Waals surface area contributed by atoms with Crippen molar-refractivity contribution in [2.75, 3.05) is 0 Å². The highest BCUT2D eigenvalue weighted by molar-refractivity contribution is 7.89. The van der Waals surface area contributed by atoms with Gasteiger partial charge in [-0.3, -0.25) is 0 Å². The average molecular weight is 330 g/mol. The Morgan fingerprint density at radius 1 is 1.26 bits per heavy atom. The van der Waals surface area contributed by atoms with Crippen LogP contribution in [0, 0.1) is 0 Å². The van der Waals surface area contributed by atoms with E-state index in [0.29, 0.717) is 11.0 Å². The highest BCUT2D eigenvalue weighted by Crippen LogP contribution is 2.21. The Bertz CT molecular complexity index is 915. The van der Waals surface area contributed by atoms with Gasteiger partial charge in [0.1, 0.15) is 10.5 Å². The van der Waals surface area contributed by atoms with Crippen molar-refractivity contribution in [2.45, 2.75) is 24.4 Å². The van der Waals surface area contributed by atoms with Gasteiger partial charge >= 0.3 is 0 Å². The summed E-state index contributed by atoms with van der Waals surface area (Å²) in [6.45, 7) is 2.12. The first-order valence-electron chi connectivity index (χ1n) is 7.23. The van der Waals surface area contributed by atoms with E-state index in [-0.39, 0.29) is 17.5 Å². The summed E-state index contributed by atoms with van der Waals surface area (Å²) in [7, 11) is -3.61. The Kier molecular flexibility index (Phi) is 4.16. The van der Waals surface area contributed by atoms with Crippen molar-refractivity contribution < 1.29 is 8.42 Å². The number of fused-ring (bicyclic) bond motifs is 1. The van der Waals surface area contributed by atoms with E-state index in [2.05, 4.69) is 14.7 Å². The molecule has 1 aromatic carbocycles. The normalized spacial score (nSPS) is 13.3. The lowest BCUT2D eigenvalue weighted by Crippen LogP contribution is -2.23. The number of H-pyrrole nitrogens is 1. The van der Waals surface area contributed by atoms with Crippen LogP contribution in [0.4, 0.5) is 0 Å². The molecular formula is C16H18N4O2S. The van der Waals surface area contributed by atoms with Crippen molar-refractivity contribution in [1.29, 1.82) is 0 Å². The van der Waals surface area contributed by atoms with Crippen molar-refractivity contribution in [3.8, 4) is 0 Å². The van der Waals surface area contributed by atoms with Crippen molar-refractivity contribution in [1.82, 2.24) is 14.7 Å². The number of nitrogens with two attached hydrogens (primary N) is 1. The Morgan fingerprint density at radius 3 is 2.70 bits per heavy atom.